The Bertz CT molecular complexity index is 176. The van der Waals surface area contributed by atoms with E-state index in [1.54, 1.807) is 25.6 Å². The van der Waals surface area contributed by atoms with Crippen LogP contribution in [0.15, 0.2) is 18.5 Å². The van der Waals surface area contributed by atoms with Gasteiger partial charge in [0.15, 0.2) is 6.79 Å². The van der Waals surface area contributed by atoms with E-state index in [1.165, 1.54) is 0 Å². The van der Waals surface area contributed by atoms with E-state index in [4.69, 9.17) is 4.74 Å². The summed E-state index contributed by atoms with van der Waals surface area (Å²) in [7, 11) is 1.57. The topological polar surface area (TPSA) is 31.4 Å². The molecular weight excluding hydrogens is 130 g/mol. The Labute approximate surface area is 59.6 Å². The highest BCUT2D eigenvalue weighted by atomic mass is 16.7. The summed E-state index contributed by atoms with van der Waals surface area (Å²) in [6.07, 6.45) is 3.18. The molecule has 0 saturated carbocycles. The molecule has 0 fully saturated rings. The fourth-order valence-electron chi connectivity index (χ4n) is 0.516. The summed E-state index contributed by atoms with van der Waals surface area (Å²) in [4.78, 5) is 3.80. The van der Waals surface area contributed by atoms with E-state index in [2.05, 4.69) is 15.8 Å². The average Bonchev–Trinajstić information content (AvgIpc) is 2.03. The molecule has 0 atom stereocenters. The van der Waals surface area contributed by atoms with E-state index in [-0.39, 0.29) is 6.79 Å². The Hall–Kier alpha value is -1.09. The van der Waals surface area contributed by atoms with E-state index in [0.717, 1.165) is 0 Å². The lowest BCUT2D eigenvalue weighted by atomic mass is 10.5. The molecule has 1 radical (unpaired) electrons. The van der Waals surface area contributed by atoms with Gasteiger partial charge in [0, 0.05) is 19.4 Å². The van der Waals surface area contributed by atoms with Crippen LogP contribution < -0.4 is 4.74 Å². The quantitative estimate of drug-likeness (QED) is 0.580. The zero-order chi connectivity index (χ0) is 7.23. The Morgan fingerprint density at radius 2 is 2.60 bits per heavy atom. The lowest BCUT2D eigenvalue weighted by Gasteiger charge is -2.01. The first kappa shape index (κ1) is 7.02. The molecule has 1 heterocycles. The minimum Gasteiger partial charge on any atom is -0.466 e. The van der Waals surface area contributed by atoms with E-state index < -0.39 is 0 Å². The molecule has 3 heteroatoms. The smallest absolute Gasteiger partial charge is 0.188 e. The first-order chi connectivity index (χ1) is 4.93. The van der Waals surface area contributed by atoms with E-state index in [1.807, 2.05) is 0 Å². The maximum atomic E-state index is 5.04. The van der Waals surface area contributed by atoms with Crippen LogP contribution in [0.3, 0.4) is 0 Å². The molecule has 0 aliphatic carbocycles. The molecule has 0 aliphatic heterocycles. The highest BCUT2D eigenvalue weighted by molar-refractivity contribution is 5.13. The van der Waals surface area contributed by atoms with Crippen LogP contribution in [-0.2, 0) is 4.74 Å². The molecule has 3 nitrogen and oxygen atoms in total. The predicted octanol–water partition coefficient (Wildman–Crippen LogP) is 0.864. The maximum absolute atomic E-state index is 5.04. The molecule has 0 aromatic carbocycles. The number of rotatable bonds is 3. The van der Waals surface area contributed by atoms with Crippen molar-refractivity contribution in [2.24, 2.45) is 0 Å². The summed E-state index contributed by atoms with van der Waals surface area (Å²) >= 11 is 0. The van der Waals surface area contributed by atoms with E-state index in [9.17, 15) is 0 Å². The van der Waals surface area contributed by atoms with Crippen molar-refractivity contribution >= 4 is 0 Å². The van der Waals surface area contributed by atoms with Gasteiger partial charge in [-0.05, 0) is 6.07 Å². The van der Waals surface area contributed by atoms with Gasteiger partial charge in [-0.25, -0.2) is 0 Å². The second-order valence-electron chi connectivity index (χ2n) is 1.67. The first-order valence-corrected chi connectivity index (χ1v) is 2.86. The molecule has 0 aliphatic rings. The third kappa shape index (κ3) is 2.03. The lowest BCUT2D eigenvalue weighted by molar-refractivity contribution is 0.0508. The third-order valence-electron chi connectivity index (χ3n) is 0.920. The highest BCUT2D eigenvalue weighted by Gasteiger charge is 1.87. The summed E-state index contributed by atoms with van der Waals surface area (Å²) in [5, 5.41) is 0. The maximum Gasteiger partial charge on any atom is 0.188 e. The first-order valence-electron chi connectivity index (χ1n) is 2.86. The Balaban J connectivity index is 2.43. The molecule has 1 aromatic heterocycles. The van der Waals surface area contributed by atoms with Crippen LogP contribution in [0.1, 0.15) is 0 Å². The highest BCUT2D eigenvalue weighted by Crippen LogP contribution is 2.04. The SMILES string of the molecule is COCOc1c[c]cnc1. The molecular formula is C7H8NO2. The number of methoxy groups -OCH3 is 1. The van der Waals surface area contributed by atoms with Gasteiger partial charge < -0.3 is 9.47 Å². The third-order valence-corrected chi connectivity index (χ3v) is 0.920. The number of aromatic nitrogens is 1. The van der Waals surface area contributed by atoms with Crippen LogP contribution in [0.5, 0.6) is 5.75 Å². The number of hydrogen-bond donors (Lipinski definition) is 0. The van der Waals surface area contributed by atoms with Gasteiger partial charge in [-0.2, -0.15) is 0 Å². The minimum absolute atomic E-state index is 0.250. The molecule has 0 spiro atoms. The molecule has 0 saturated heterocycles. The van der Waals surface area contributed by atoms with E-state index >= 15 is 0 Å². The zero-order valence-electron chi connectivity index (χ0n) is 5.70. The normalized spacial score (nSPS) is 9.30. The van der Waals surface area contributed by atoms with Crippen molar-refractivity contribution in [3.63, 3.8) is 0 Å². The second kappa shape index (κ2) is 3.85. The van der Waals surface area contributed by atoms with Gasteiger partial charge in [0.05, 0.1) is 6.20 Å². The molecule has 53 valence electrons. The van der Waals surface area contributed by atoms with Crippen molar-refractivity contribution in [2.45, 2.75) is 0 Å². The van der Waals surface area contributed by atoms with Gasteiger partial charge in [0.2, 0.25) is 0 Å². The fourth-order valence-corrected chi connectivity index (χ4v) is 0.516. The van der Waals surface area contributed by atoms with E-state index in [0.29, 0.717) is 5.75 Å². The number of hydrogen-bond acceptors (Lipinski definition) is 3. The molecule has 0 unspecified atom stereocenters. The monoisotopic (exact) mass is 138 g/mol. The van der Waals surface area contributed by atoms with Crippen molar-refractivity contribution in [1.29, 1.82) is 0 Å². The molecule has 0 bridgehead atoms. The van der Waals surface area contributed by atoms with Crippen LogP contribution in [0.25, 0.3) is 0 Å². The number of ether oxygens (including phenoxy) is 2. The van der Waals surface area contributed by atoms with Crippen molar-refractivity contribution in [3.8, 4) is 5.75 Å². The Morgan fingerprint density at radius 3 is 3.20 bits per heavy atom. The largest absolute Gasteiger partial charge is 0.466 e. The van der Waals surface area contributed by atoms with Gasteiger partial charge in [-0.3, -0.25) is 4.98 Å². The molecule has 0 amide bonds. The second-order valence-corrected chi connectivity index (χ2v) is 1.67. The number of pyridine rings is 1. The summed E-state index contributed by atoms with van der Waals surface area (Å²) < 4.78 is 9.72. The minimum atomic E-state index is 0.250. The Morgan fingerprint density at radius 1 is 1.70 bits per heavy atom. The molecule has 0 N–H and O–H groups in total. The van der Waals surface area contributed by atoms with Gasteiger partial charge in [-0.15, -0.1) is 0 Å². The standard InChI is InChI=1S/C7H8NO2/c1-9-6-10-7-3-2-4-8-5-7/h3-5H,6H2,1H3. The average molecular weight is 138 g/mol. The summed E-state index contributed by atoms with van der Waals surface area (Å²) in [6, 6.07) is 4.48. The Kier molecular flexibility index (Phi) is 2.70. The lowest BCUT2D eigenvalue weighted by Crippen LogP contribution is -1.98. The predicted molar refractivity (Wildman–Crippen MR) is 35.6 cm³/mol. The summed E-state index contributed by atoms with van der Waals surface area (Å²) in [5.74, 6) is 0.671. The van der Waals surface area contributed by atoms with Gasteiger partial charge in [-0.1, -0.05) is 0 Å². The summed E-state index contributed by atoms with van der Waals surface area (Å²) in [5.41, 5.74) is 0. The fraction of sp³-hybridized carbons (Fsp3) is 0.286. The van der Waals surface area contributed by atoms with Gasteiger partial charge >= 0.3 is 0 Å². The zero-order valence-corrected chi connectivity index (χ0v) is 5.70. The van der Waals surface area contributed by atoms with Gasteiger partial charge in [0.25, 0.3) is 0 Å². The van der Waals surface area contributed by atoms with Crippen molar-refractivity contribution in [1.82, 2.24) is 4.98 Å². The van der Waals surface area contributed by atoms with Crippen LogP contribution in [0.2, 0.25) is 0 Å². The molecule has 1 aromatic rings. The van der Waals surface area contributed by atoms with Gasteiger partial charge in [0.1, 0.15) is 5.75 Å². The van der Waals surface area contributed by atoms with Crippen molar-refractivity contribution in [2.75, 3.05) is 13.9 Å². The van der Waals surface area contributed by atoms with Crippen molar-refractivity contribution < 1.29 is 9.47 Å². The van der Waals surface area contributed by atoms with Crippen LogP contribution in [0, 0.1) is 6.07 Å². The van der Waals surface area contributed by atoms with Crippen LogP contribution >= 0.6 is 0 Å². The van der Waals surface area contributed by atoms with Crippen LogP contribution in [0.4, 0.5) is 0 Å². The van der Waals surface area contributed by atoms with Crippen molar-refractivity contribution in [3.05, 3.63) is 24.5 Å². The molecule has 1 rings (SSSR count). The summed E-state index contributed by atoms with van der Waals surface area (Å²) in [6.45, 7) is 0.250. The number of nitrogens with zero attached hydrogens (tertiary/aromatic N) is 1. The molecule has 10 heavy (non-hydrogen) atoms. The van der Waals surface area contributed by atoms with Crippen LogP contribution in [-0.4, -0.2) is 18.9 Å².